The molecule has 0 aliphatic carbocycles. The zero-order valence-electron chi connectivity index (χ0n) is 10.3. The molecule has 0 bridgehead atoms. The van der Waals surface area contributed by atoms with Crippen LogP contribution in [0.5, 0.6) is 0 Å². The first-order chi connectivity index (χ1) is 9.11. The molecule has 1 aromatic carbocycles. The van der Waals surface area contributed by atoms with Crippen molar-refractivity contribution in [2.75, 3.05) is 0 Å². The predicted molar refractivity (Wildman–Crippen MR) is 69.2 cm³/mol. The van der Waals surface area contributed by atoms with Crippen molar-refractivity contribution in [1.82, 2.24) is 5.32 Å². The Hall–Kier alpha value is -2.29. The van der Waals surface area contributed by atoms with Gasteiger partial charge in [0.1, 0.15) is 6.61 Å². The predicted octanol–water partition coefficient (Wildman–Crippen LogP) is 1.28. The molecule has 0 fully saturated rings. The zero-order valence-corrected chi connectivity index (χ0v) is 10.3. The highest BCUT2D eigenvalue weighted by molar-refractivity contribution is 6.57. The van der Waals surface area contributed by atoms with E-state index in [-0.39, 0.29) is 19.4 Å². The number of ether oxygens (including phenoxy) is 1. The first kappa shape index (κ1) is 14.8. The third-order valence-electron chi connectivity index (χ3n) is 2.34. The second-order valence-corrected chi connectivity index (χ2v) is 3.92. The molecule has 0 saturated carbocycles. The van der Waals surface area contributed by atoms with E-state index in [0.717, 1.165) is 5.56 Å². The highest BCUT2D eigenvalue weighted by Gasteiger charge is 2.15. The number of hydrogen-bond acceptors (Lipinski definition) is 4. The van der Waals surface area contributed by atoms with E-state index in [4.69, 9.17) is 17.8 Å². The number of hydrogen-bond donors (Lipinski definition) is 1. The van der Waals surface area contributed by atoms with Crippen molar-refractivity contribution < 1.29 is 14.3 Å². The van der Waals surface area contributed by atoms with Crippen molar-refractivity contribution in [2.45, 2.75) is 25.5 Å². The Kier molecular flexibility index (Phi) is 6.17. The van der Waals surface area contributed by atoms with Gasteiger partial charge in [0.15, 0.2) is 5.81 Å². The smallest absolute Gasteiger partial charge is 0.308 e. The zero-order chi connectivity index (χ0) is 14.1. The van der Waals surface area contributed by atoms with E-state index in [0.29, 0.717) is 0 Å². The molecule has 0 saturated heterocycles. The molecule has 19 heavy (non-hydrogen) atoms. The third kappa shape index (κ3) is 6.27. The largest absolute Gasteiger partial charge is 0.461 e. The summed E-state index contributed by atoms with van der Waals surface area (Å²) in [6, 6.07) is 10.5. The van der Waals surface area contributed by atoms with Crippen molar-refractivity contribution in [1.29, 1.82) is 5.26 Å². The van der Waals surface area contributed by atoms with Gasteiger partial charge in [0.25, 0.3) is 0 Å². The fourth-order valence-electron chi connectivity index (χ4n) is 1.48. The summed E-state index contributed by atoms with van der Waals surface area (Å²) < 4.78 is 5.05. The van der Waals surface area contributed by atoms with Gasteiger partial charge in [0.05, 0.1) is 25.0 Å². The number of carbonyl (C=O) groups excluding carboxylic acids is 2. The molecule has 0 spiro atoms. The molecule has 5 nitrogen and oxygen atoms in total. The first-order valence-corrected chi connectivity index (χ1v) is 5.74. The van der Waals surface area contributed by atoms with Gasteiger partial charge in [0.2, 0.25) is 7.85 Å². The third-order valence-corrected chi connectivity index (χ3v) is 2.34. The van der Waals surface area contributed by atoms with Gasteiger partial charge in [-0.05, 0) is 5.56 Å². The van der Waals surface area contributed by atoms with E-state index >= 15 is 0 Å². The Morgan fingerprint density at radius 2 is 2.05 bits per heavy atom. The molecule has 1 N–H and O–H groups in total. The summed E-state index contributed by atoms with van der Waals surface area (Å²) in [5.41, 5.74) is 0.871. The van der Waals surface area contributed by atoms with Gasteiger partial charge in [-0.15, -0.1) is 0 Å². The number of nitriles is 1. The molecule has 0 aromatic heterocycles. The molecular formula is C13H13BN2O3. The van der Waals surface area contributed by atoms with Gasteiger partial charge in [0, 0.05) is 0 Å². The number of rotatable bonds is 6. The van der Waals surface area contributed by atoms with Crippen LogP contribution in [0.1, 0.15) is 18.4 Å². The lowest BCUT2D eigenvalue weighted by Gasteiger charge is -2.14. The van der Waals surface area contributed by atoms with Crippen LogP contribution in [-0.2, 0) is 16.1 Å². The van der Waals surface area contributed by atoms with Crippen LogP contribution >= 0.6 is 0 Å². The molecule has 1 amide bonds. The van der Waals surface area contributed by atoms with E-state index in [9.17, 15) is 9.59 Å². The molecule has 0 heterocycles. The number of benzene rings is 1. The standard InChI is InChI=1S/C13H13BN2O3/c14-13(18)16-11(6-7-15)8-12(17)19-9-10-4-2-1-3-5-10/h1-5,11H,6,8-9H2,(H,16,18). The Balaban J connectivity index is 2.40. The van der Waals surface area contributed by atoms with Crippen LogP contribution in [0.4, 0.5) is 4.79 Å². The first-order valence-electron chi connectivity index (χ1n) is 5.74. The van der Waals surface area contributed by atoms with Gasteiger partial charge in [-0.25, -0.2) is 0 Å². The molecular weight excluding hydrogens is 243 g/mol. The van der Waals surface area contributed by atoms with E-state index < -0.39 is 17.8 Å². The summed E-state index contributed by atoms with van der Waals surface area (Å²) in [6.07, 6.45) is -0.0767. The van der Waals surface area contributed by atoms with Gasteiger partial charge in [-0.2, -0.15) is 5.26 Å². The lowest BCUT2D eigenvalue weighted by Crippen LogP contribution is -2.35. The summed E-state index contributed by atoms with van der Waals surface area (Å²) in [6.45, 7) is 0.162. The van der Waals surface area contributed by atoms with E-state index in [1.54, 1.807) is 0 Å². The van der Waals surface area contributed by atoms with Crippen LogP contribution in [0.25, 0.3) is 0 Å². The highest BCUT2D eigenvalue weighted by atomic mass is 16.5. The summed E-state index contributed by atoms with van der Waals surface area (Å²) in [4.78, 5) is 22.3. The number of nitrogens with one attached hydrogen (secondary N) is 1. The number of carbonyl (C=O) groups is 2. The van der Waals surface area contributed by atoms with Crippen LogP contribution in [-0.4, -0.2) is 25.7 Å². The van der Waals surface area contributed by atoms with Gasteiger partial charge in [-0.1, -0.05) is 30.3 Å². The summed E-state index contributed by atoms with van der Waals surface area (Å²) in [5.74, 6) is -1.26. The molecule has 6 heteroatoms. The average molecular weight is 256 g/mol. The fourth-order valence-corrected chi connectivity index (χ4v) is 1.48. The number of esters is 1. The monoisotopic (exact) mass is 256 g/mol. The highest BCUT2D eigenvalue weighted by Crippen LogP contribution is 2.04. The number of amides is 1. The van der Waals surface area contributed by atoms with Crippen molar-refractivity contribution >= 4 is 19.6 Å². The van der Waals surface area contributed by atoms with Gasteiger partial charge in [-0.3, -0.25) is 9.59 Å². The van der Waals surface area contributed by atoms with Crippen LogP contribution in [0.3, 0.4) is 0 Å². The maximum absolute atomic E-state index is 11.6. The van der Waals surface area contributed by atoms with E-state index in [1.807, 2.05) is 36.4 Å². The Morgan fingerprint density at radius 1 is 1.37 bits per heavy atom. The normalized spacial score (nSPS) is 11.1. The SMILES string of the molecule is [B]C(=O)NC(CC#N)CC(=O)OCc1ccccc1. The lowest BCUT2D eigenvalue weighted by atomic mass is 10.1. The Bertz CT molecular complexity index is 471. The molecule has 0 aliphatic heterocycles. The lowest BCUT2D eigenvalue weighted by molar-refractivity contribution is -0.145. The summed E-state index contributed by atoms with van der Waals surface area (Å²) in [7, 11) is 4.95. The summed E-state index contributed by atoms with van der Waals surface area (Å²) >= 11 is 0. The molecule has 1 atom stereocenters. The fraction of sp³-hybridized carbons (Fsp3) is 0.308. The topological polar surface area (TPSA) is 79.2 Å². The van der Waals surface area contributed by atoms with Crippen LogP contribution in [0, 0.1) is 11.3 Å². The van der Waals surface area contributed by atoms with Crippen LogP contribution in [0.15, 0.2) is 30.3 Å². The maximum Gasteiger partial charge on any atom is 0.308 e. The molecule has 2 radical (unpaired) electrons. The van der Waals surface area contributed by atoms with Crippen molar-refractivity contribution in [2.24, 2.45) is 0 Å². The maximum atomic E-state index is 11.6. The van der Waals surface area contributed by atoms with Crippen molar-refractivity contribution in [3.63, 3.8) is 0 Å². The second kappa shape index (κ2) is 7.93. The van der Waals surface area contributed by atoms with E-state index in [2.05, 4.69) is 5.32 Å². The quantitative estimate of drug-likeness (QED) is 0.614. The summed E-state index contributed by atoms with van der Waals surface area (Å²) in [5, 5.41) is 10.9. The second-order valence-electron chi connectivity index (χ2n) is 3.92. The van der Waals surface area contributed by atoms with Crippen molar-refractivity contribution in [3.8, 4) is 6.07 Å². The molecule has 1 unspecified atom stereocenters. The van der Waals surface area contributed by atoms with Gasteiger partial charge < -0.3 is 10.1 Å². The minimum Gasteiger partial charge on any atom is -0.461 e. The van der Waals surface area contributed by atoms with Gasteiger partial charge >= 0.3 is 5.97 Å². The van der Waals surface area contributed by atoms with E-state index in [1.165, 1.54) is 0 Å². The van der Waals surface area contributed by atoms with Crippen LogP contribution in [0.2, 0.25) is 0 Å². The minimum atomic E-state index is -0.767. The minimum absolute atomic E-state index is 0.00335. The van der Waals surface area contributed by atoms with Crippen molar-refractivity contribution in [3.05, 3.63) is 35.9 Å². The average Bonchev–Trinajstić information content (AvgIpc) is 2.37. The Morgan fingerprint density at radius 3 is 2.63 bits per heavy atom. The molecule has 96 valence electrons. The van der Waals surface area contributed by atoms with Crippen LogP contribution < -0.4 is 5.32 Å². The molecule has 0 aliphatic rings. The molecule has 1 aromatic rings. The number of nitrogens with zero attached hydrogens (tertiary/aromatic N) is 1. The molecule has 1 rings (SSSR count). The Labute approximate surface area is 113 Å².